The van der Waals surface area contributed by atoms with Gasteiger partial charge in [-0.25, -0.2) is 30.0 Å². The van der Waals surface area contributed by atoms with Crippen LogP contribution in [-0.4, -0.2) is 370 Å². The quantitative estimate of drug-likeness (QED) is 0.0335. The van der Waals surface area contributed by atoms with E-state index in [1.165, 1.54) is 0 Å². The van der Waals surface area contributed by atoms with E-state index in [2.05, 4.69) is 54.1 Å². The molecule has 13 rings (SSSR count). The first-order valence-electron chi connectivity index (χ1n) is 47.5. The predicted molar refractivity (Wildman–Crippen MR) is 536 cm³/mol. The van der Waals surface area contributed by atoms with Crippen LogP contribution in [0.4, 0.5) is 17.8 Å². The Balaban J connectivity index is 0.485. The molecule has 0 aliphatic carbocycles. The number of carbonyl (C=O) groups is 3. The van der Waals surface area contributed by atoms with Crippen LogP contribution in [-0.2, 0) is 106 Å². The fourth-order valence-electron chi connectivity index (χ4n) is 18.0. The second-order valence-corrected chi connectivity index (χ2v) is 44.3. The molecule has 3 atom stereocenters. The lowest BCUT2D eigenvalue weighted by atomic mass is 9.85. The van der Waals surface area contributed by atoms with Gasteiger partial charge in [0.2, 0.25) is 33.8 Å². The fraction of sp³-hybridized carbons (Fsp3) is 0.567. The van der Waals surface area contributed by atoms with Crippen molar-refractivity contribution in [2.75, 3.05) is 297 Å². The molecule has 756 valence electrons. The summed E-state index contributed by atoms with van der Waals surface area (Å²) in [6.07, 6.45) is 2.56. The maximum atomic E-state index is 13.5. The molecule has 3 saturated heterocycles. The van der Waals surface area contributed by atoms with E-state index in [1.807, 2.05) is 57.5 Å². The maximum Gasteiger partial charge on any atom is 0.240 e. The van der Waals surface area contributed by atoms with E-state index in [4.69, 9.17) is 127 Å². The van der Waals surface area contributed by atoms with E-state index in [1.54, 1.807) is 72.8 Å². The summed E-state index contributed by atoms with van der Waals surface area (Å²) in [5, 5.41) is 6.39. The summed E-state index contributed by atoms with van der Waals surface area (Å²) < 4.78 is 135. The summed E-state index contributed by atoms with van der Waals surface area (Å²) in [4.78, 5) is 75.2. The van der Waals surface area contributed by atoms with Crippen molar-refractivity contribution in [1.29, 1.82) is 0 Å². The number of rotatable bonds is 56. The van der Waals surface area contributed by atoms with E-state index in [9.17, 15) is 39.6 Å². The van der Waals surface area contributed by atoms with Gasteiger partial charge in [0.15, 0.2) is 19.7 Å². The molecule has 7 aromatic rings. The highest BCUT2D eigenvalue weighted by atomic mass is 35.5. The van der Waals surface area contributed by atoms with Gasteiger partial charge in [-0.05, 0) is 170 Å². The Morgan fingerprint density at radius 3 is 1.00 bits per heavy atom. The highest BCUT2D eigenvalue weighted by molar-refractivity contribution is 7.91. The zero-order valence-corrected chi connectivity index (χ0v) is 86.0. The third-order valence-electron chi connectivity index (χ3n) is 25.3. The Morgan fingerprint density at radius 2 is 0.652 bits per heavy atom. The molecular weight excluding hydrogens is 1960 g/mol. The van der Waals surface area contributed by atoms with E-state index >= 15 is 0 Å². The number of benzene rings is 6. The number of nitrogens with zero attached hydrogens (tertiary/aromatic N) is 12. The van der Waals surface area contributed by atoms with Crippen LogP contribution in [0.2, 0.25) is 30.1 Å². The molecular formula is C97H130Cl6N14O18S3. The van der Waals surface area contributed by atoms with Crippen molar-refractivity contribution in [2.24, 2.45) is 0 Å². The van der Waals surface area contributed by atoms with Gasteiger partial charge >= 0.3 is 0 Å². The van der Waals surface area contributed by atoms with Crippen LogP contribution in [0.15, 0.2) is 124 Å². The molecule has 7 heterocycles. The number of amides is 1. The number of halogens is 6. The number of sulfonamides is 1. The molecule has 0 spiro atoms. The van der Waals surface area contributed by atoms with Crippen molar-refractivity contribution in [2.45, 2.75) is 90.6 Å². The van der Waals surface area contributed by atoms with Crippen LogP contribution in [0.3, 0.4) is 0 Å². The molecule has 32 nitrogen and oxygen atoms in total. The van der Waals surface area contributed by atoms with Crippen molar-refractivity contribution >= 4 is 135 Å². The average molecular weight is 2090 g/mol. The van der Waals surface area contributed by atoms with Crippen molar-refractivity contribution < 1.29 is 82.3 Å². The highest BCUT2D eigenvalue weighted by Crippen LogP contribution is 2.43. The summed E-state index contributed by atoms with van der Waals surface area (Å²) in [6, 6.07) is 32.2. The molecule has 6 aliphatic heterocycles. The third kappa shape index (κ3) is 33.0. The Hall–Kier alpha value is -6.51. The van der Waals surface area contributed by atoms with Crippen LogP contribution in [0.5, 0.6) is 0 Å². The van der Waals surface area contributed by atoms with Gasteiger partial charge in [0.25, 0.3) is 0 Å². The molecule has 0 unspecified atom stereocenters. The minimum atomic E-state index is -3.83. The molecule has 6 aromatic carbocycles. The Labute approximate surface area is 842 Å². The molecule has 0 radical (unpaired) electrons. The van der Waals surface area contributed by atoms with Crippen molar-refractivity contribution in [3.63, 3.8) is 0 Å². The molecule has 6 aliphatic rings. The molecule has 1 aromatic heterocycles. The average Bonchev–Trinajstić information content (AvgIpc) is 0.780. The van der Waals surface area contributed by atoms with Crippen LogP contribution in [0.25, 0.3) is 0 Å². The van der Waals surface area contributed by atoms with Crippen molar-refractivity contribution in [3.05, 3.63) is 189 Å². The summed E-state index contributed by atoms with van der Waals surface area (Å²) in [5.41, 5.74) is 8.63. The topological polar surface area (TPSA) is 329 Å². The first kappa shape index (κ1) is 109. The van der Waals surface area contributed by atoms with Crippen LogP contribution >= 0.6 is 69.6 Å². The van der Waals surface area contributed by atoms with Crippen LogP contribution in [0, 0.1) is 0 Å². The number of nitrogens with one attached hydrogen (secondary N) is 2. The van der Waals surface area contributed by atoms with Gasteiger partial charge < -0.3 is 77.3 Å². The number of anilines is 3. The lowest BCUT2D eigenvalue weighted by molar-refractivity contribution is -0.123. The summed E-state index contributed by atoms with van der Waals surface area (Å²) in [5.74, 6) is 1.39. The molecule has 0 bridgehead atoms. The number of aromatic nitrogens is 3. The SMILES string of the molecule is CN1Cc2c(Cl)cc(Cl)cc2[C@H](c2cccc(S(=O)(=O)CCCOCCOCCOCCCC(=O)CN3CCN(c4nc(N5CCN(CC(=O)CCCOCCOCCOCCCS(=O)(=O)c6cccc([C@@H]7CN(C)Cc8c(Cl)cc(Cl)cc87)c6)CC5)nc(N5CCN(CC(=O)NCCOCCOCCOCCNS(=O)(=O)c6cccc([C@@H]7CN(C)Cc8c(Cl)cc(Cl)cc87)c6)CC5)n4)CC3)c2)C1. The number of ketones is 2. The number of ether oxygens (including phenoxy) is 9. The van der Waals surface area contributed by atoms with Gasteiger partial charge in [0, 0.05) is 218 Å². The maximum absolute atomic E-state index is 13.5. The first-order valence-corrected chi connectivity index (χ1v) is 54.6. The van der Waals surface area contributed by atoms with Crippen LogP contribution in [0.1, 0.15) is 106 Å². The smallest absolute Gasteiger partial charge is 0.240 e. The molecule has 138 heavy (non-hydrogen) atoms. The lowest BCUT2D eigenvalue weighted by Gasteiger charge is -2.38. The predicted octanol–water partition coefficient (Wildman–Crippen LogP) is 10.6. The number of piperazine rings is 3. The minimum absolute atomic E-state index is 0.0561. The summed E-state index contributed by atoms with van der Waals surface area (Å²) >= 11 is 39.0. The second kappa shape index (κ2) is 54.4. The standard InChI is InChI=1S/C97H130Cl6N14O18S3/c1-109-64-85(82-56-74(98)59-91(101)88(82)67-109)71-11-4-16-79(53-71)136(121,122)51-9-35-129-41-47-133-45-39-127-33-7-14-77(118)62-112-21-27-115(28-22-112)95-106-96(116-29-23-113(24-30-116)63-78(119)15-8-34-128-40-46-134-48-42-130-36-10-52-137(123,124)80-17-5-12-72(54-80)86-65-110(2)68-89-83(86)57-75(99)60-92(89)102)108-97(107-95)117-31-25-114(26-32-117)70-94(120)104-19-37-131-43-49-135-50-44-132-38-20-105-138(125,126)81-18-6-13-73(55-81)87-66-111(3)69-90-84(87)58-76(100)61-93(90)103/h4-6,11-13,16-18,53-61,85-87,105H,7-10,14-15,19-52,62-70H2,1-3H3,(H,104,120)/t85-,86-,87-/m0/s1. The Morgan fingerprint density at radius 1 is 0.355 bits per heavy atom. The zero-order chi connectivity index (χ0) is 97.6. The van der Waals surface area contributed by atoms with Gasteiger partial charge in [-0.1, -0.05) is 106 Å². The Bertz CT molecular complexity index is 4980. The fourth-order valence-corrected chi connectivity index (χ4v) is 23.5. The van der Waals surface area contributed by atoms with E-state index in [0.717, 1.165) is 50.1 Å². The highest BCUT2D eigenvalue weighted by Gasteiger charge is 2.35. The summed E-state index contributed by atoms with van der Waals surface area (Å²) in [6.45, 7) is 18.2. The summed E-state index contributed by atoms with van der Waals surface area (Å²) in [7, 11) is -4.93. The number of likely N-dealkylation sites (N-methyl/N-ethyl adjacent to an activating group) is 3. The zero-order valence-electron chi connectivity index (χ0n) is 79.0. The molecule has 41 heteroatoms. The van der Waals surface area contributed by atoms with Crippen molar-refractivity contribution in [3.8, 4) is 0 Å². The number of hydrogen-bond acceptors (Lipinski definition) is 30. The van der Waals surface area contributed by atoms with Gasteiger partial charge in [-0.3, -0.25) is 29.1 Å². The van der Waals surface area contributed by atoms with Crippen molar-refractivity contribution in [1.82, 2.24) is 54.4 Å². The monoisotopic (exact) mass is 2080 g/mol. The number of fused-ring (bicyclic) bond motifs is 3. The number of carbonyl (C=O) groups excluding carboxylic acids is 3. The second-order valence-electron chi connectivity index (χ2n) is 35.7. The minimum Gasteiger partial charge on any atom is -0.379 e. The van der Waals surface area contributed by atoms with Gasteiger partial charge in [0.1, 0.15) is 11.6 Å². The number of sulfone groups is 2. The largest absolute Gasteiger partial charge is 0.379 e. The Kier molecular flexibility index (Phi) is 42.9. The van der Waals surface area contributed by atoms with E-state index < -0.39 is 29.7 Å². The van der Waals surface area contributed by atoms with Crippen LogP contribution < -0.4 is 24.7 Å². The first-order chi connectivity index (χ1) is 66.6. The third-order valence-corrected chi connectivity index (χ3v) is 32.0. The number of hydrogen-bond donors (Lipinski definition) is 2. The molecule has 0 saturated carbocycles. The van der Waals surface area contributed by atoms with E-state index in [-0.39, 0.29) is 108 Å². The van der Waals surface area contributed by atoms with Gasteiger partial charge in [-0.15, -0.1) is 0 Å². The lowest BCUT2D eigenvalue weighted by Crippen LogP contribution is -2.51. The number of Topliss-reactive ketones (excluding diaryl/α,β-unsaturated/α-hetero) is 2. The van der Waals surface area contributed by atoms with Gasteiger partial charge in [0.05, 0.1) is 138 Å². The molecule has 3 fully saturated rings. The van der Waals surface area contributed by atoms with Gasteiger partial charge in [-0.2, -0.15) is 15.0 Å². The van der Waals surface area contributed by atoms with E-state index in [0.29, 0.717) is 310 Å². The molecule has 1 amide bonds. The normalized spacial score (nSPS) is 17.9. The molecule has 2 N–H and O–H groups in total.